The van der Waals surface area contributed by atoms with Crippen LogP contribution in [0.2, 0.25) is 0 Å². The SMILES string of the molecule is C[C@@H]1CC[C@@]2(O)[C@]13C[C@@]1(OC(=O)CCC(=O)c4ccccc4)OC(OC[C@@]2(C)[C@@]1(C)O)[C@@H]3O. The van der Waals surface area contributed by atoms with Crippen LogP contribution in [0, 0.1) is 16.7 Å². The first-order valence-corrected chi connectivity index (χ1v) is 11.7. The predicted molar refractivity (Wildman–Crippen MR) is 115 cm³/mol. The molecule has 5 fully saturated rings. The Morgan fingerprint density at radius 2 is 1.85 bits per heavy atom. The molecule has 180 valence electrons. The molecule has 1 aromatic rings. The number of carbonyl (C=O) groups excluding carboxylic acids is 2. The van der Waals surface area contributed by atoms with Gasteiger partial charge in [-0.3, -0.25) is 9.59 Å². The van der Waals surface area contributed by atoms with Crippen molar-refractivity contribution in [1.82, 2.24) is 0 Å². The highest BCUT2D eigenvalue weighted by molar-refractivity contribution is 5.97. The van der Waals surface area contributed by atoms with Crippen molar-refractivity contribution in [2.75, 3.05) is 6.61 Å². The summed E-state index contributed by atoms with van der Waals surface area (Å²) in [5, 5.41) is 35.2. The Balaban J connectivity index is 1.46. The van der Waals surface area contributed by atoms with Crippen molar-refractivity contribution in [3.63, 3.8) is 0 Å². The summed E-state index contributed by atoms with van der Waals surface area (Å²) in [6.45, 7) is 5.12. The van der Waals surface area contributed by atoms with Crippen LogP contribution in [0.5, 0.6) is 0 Å². The van der Waals surface area contributed by atoms with E-state index in [4.69, 9.17) is 14.2 Å². The van der Waals surface area contributed by atoms with Gasteiger partial charge >= 0.3 is 5.97 Å². The summed E-state index contributed by atoms with van der Waals surface area (Å²) >= 11 is 0. The lowest BCUT2D eigenvalue weighted by molar-refractivity contribution is -0.447. The Hall–Kier alpha value is -1.84. The molecule has 0 amide bonds. The van der Waals surface area contributed by atoms with Crippen LogP contribution in [-0.2, 0) is 19.0 Å². The van der Waals surface area contributed by atoms with Gasteiger partial charge in [-0.05, 0) is 25.7 Å². The van der Waals surface area contributed by atoms with Crippen molar-refractivity contribution in [3.05, 3.63) is 35.9 Å². The van der Waals surface area contributed by atoms with Crippen molar-refractivity contribution in [1.29, 1.82) is 0 Å². The second kappa shape index (κ2) is 7.09. The highest BCUT2D eigenvalue weighted by Crippen LogP contribution is 2.74. The molecule has 4 bridgehead atoms. The maximum atomic E-state index is 13.0. The molecule has 8 nitrogen and oxygen atoms in total. The van der Waals surface area contributed by atoms with E-state index in [0.29, 0.717) is 18.4 Å². The van der Waals surface area contributed by atoms with Gasteiger partial charge in [-0.15, -0.1) is 0 Å². The van der Waals surface area contributed by atoms with Gasteiger partial charge in [-0.25, -0.2) is 0 Å². The molecule has 3 N–H and O–H groups in total. The van der Waals surface area contributed by atoms with E-state index >= 15 is 0 Å². The zero-order valence-electron chi connectivity index (χ0n) is 19.2. The summed E-state index contributed by atoms with van der Waals surface area (Å²) < 4.78 is 17.8. The number of esters is 1. The number of benzene rings is 1. The number of hydrogen-bond donors (Lipinski definition) is 3. The number of aliphatic hydroxyl groups is 3. The molecule has 5 aliphatic rings. The smallest absolute Gasteiger partial charge is 0.308 e. The maximum Gasteiger partial charge on any atom is 0.308 e. The van der Waals surface area contributed by atoms with Gasteiger partial charge in [0.15, 0.2) is 12.1 Å². The minimum absolute atomic E-state index is 0.0492. The molecule has 2 aliphatic carbocycles. The average molecular weight is 461 g/mol. The number of fused-ring (bicyclic) bond motifs is 1. The summed E-state index contributed by atoms with van der Waals surface area (Å²) in [6, 6.07) is 8.69. The molecule has 2 saturated carbocycles. The molecular formula is C25H32O8. The van der Waals surface area contributed by atoms with Crippen LogP contribution in [0.25, 0.3) is 0 Å². The predicted octanol–water partition coefficient (Wildman–Crippen LogP) is 1.94. The average Bonchev–Trinajstić information content (AvgIpc) is 2.99. The Morgan fingerprint density at radius 3 is 2.55 bits per heavy atom. The molecule has 1 aromatic carbocycles. The fourth-order valence-corrected chi connectivity index (χ4v) is 7.12. The molecule has 8 heteroatoms. The minimum atomic E-state index is -1.82. The fraction of sp³-hybridized carbons (Fsp3) is 0.680. The van der Waals surface area contributed by atoms with Gasteiger partial charge in [-0.1, -0.05) is 44.2 Å². The largest absolute Gasteiger partial charge is 0.430 e. The lowest BCUT2D eigenvalue weighted by atomic mass is 9.43. The lowest BCUT2D eigenvalue weighted by Crippen LogP contribution is -2.83. The van der Waals surface area contributed by atoms with Crippen molar-refractivity contribution >= 4 is 11.8 Å². The summed E-state index contributed by atoms with van der Waals surface area (Å²) in [6.07, 6.45) is -1.53. The van der Waals surface area contributed by atoms with E-state index in [0.717, 1.165) is 0 Å². The topological polar surface area (TPSA) is 123 Å². The molecule has 3 heterocycles. The number of rotatable bonds is 5. The van der Waals surface area contributed by atoms with Gasteiger partial charge in [0, 0.05) is 23.8 Å². The van der Waals surface area contributed by atoms with Crippen molar-refractivity contribution in [2.45, 2.75) is 82.3 Å². The van der Waals surface area contributed by atoms with Gasteiger partial charge in [0.2, 0.25) is 5.79 Å². The van der Waals surface area contributed by atoms with E-state index in [1.807, 2.05) is 13.0 Å². The van der Waals surface area contributed by atoms with Crippen molar-refractivity contribution in [2.24, 2.45) is 16.7 Å². The van der Waals surface area contributed by atoms with E-state index in [9.17, 15) is 24.9 Å². The molecule has 1 spiro atoms. The Morgan fingerprint density at radius 1 is 1.15 bits per heavy atom. The van der Waals surface area contributed by atoms with E-state index in [1.54, 1.807) is 31.2 Å². The summed E-state index contributed by atoms with van der Waals surface area (Å²) in [5.74, 6) is -2.81. The molecule has 6 rings (SSSR count). The second-order valence-corrected chi connectivity index (χ2v) is 10.7. The standard InChI is InChI=1S/C25H32O8/c1-15-11-12-24(30)21(2)14-31-20-19(28)23(15,24)13-25(33-20,22(21,3)29)32-18(27)10-9-17(26)16-7-5-4-6-8-16/h4-8,15,19-20,28-30H,9-14H2,1-3H3/t15-,19+,20?,21+,22-,23-,24+,25-/m1/s1. The minimum Gasteiger partial charge on any atom is -0.430 e. The van der Waals surface area contributed by atoms with Crippen LogP contribution in [0.15, 0.2) is 30.3 Å². The number of ether oxygens (including phenoxy) is 3. The second-order valence-electron chi connectivity index (χ2n) is 10.7. The van der Waals surface area contributed by atoms with E-state index < -0.39 is 46.2 Å². The third-order valence-corrected chi connectivity index (χ3v) is 9.40. The van der Waals surface area contributed by atoms with Gasteiger partial charge < -0.3 is 29.5 Å². The van der Waals surface area contributed by atoms with Gasteiger partial charge in [-0.2, -0.15) is 0 Å². The first-order chi connectivity index (χ1) is 15.4. The highest BCUT2D eigenvalue weighted by atomic mass is 16.8. The first-order valence-electron chi connectivity index (χ1n) is 11.7. The number of Topliss-reactive ketones (excluding diaryl/α,β-unsaturated/α-hetero) is 1. The summed E-state index contributed by atoms with van der Waals surface area (Å²) in [5.41, 5.74) is -5.07. The molecular weight excluding hydrogens is 428 g/mol. The van der Waals surface area contributed by atoms with Crippen molar-refractivity contribution < 1.29 is 39.1 Å². The third kappa shape index (κ3) is 2.64. The first kappa shape index (κ1) is 22.9. The zero-order chi connectivity index (χ0) is 23.9. The van der Waals surface area contributed by atoms with Crippen molar-refractivity contribution in [3.8, 4) is 0 Å². The van der Waals surface area contributed by atoms with E-state index in [1.165, 1.54) is 6.92 Å². The molecule has 0 aromatic heterocycles. The number of carbonyl (C=O) groups is 2. The van der Waals surface area contributed by atoms with Gasteiger partial charge in [0.1, 0.15) is 11.7 Å². The molecule has 0 radical (unpaired) electrons. The van der Waals surface area contributed by atoms with Crippen LogP contribution < -0.4 is 0 Å². The maximum absolute atomic E-state index is 13.0. The lowest BCUT2D eigenvalue weighted by Gasteiger charge is -2.69. The van der Waals surface area contributed by atoms with E-state index in [-0.39, 0.29) is 37.6 Å². The molecule has 1 unspecified atom stereocenters. The Bertz CT molecular complexity index is 978. The highest BCUT2D eigenvalue weighted by Gasteiger charge is 2.86. The Kier molecular flexibility index (Phi) is 4.92. The molecule has 33 heavy (non-hydrogen) atoms. The molecule has 8 atom stereocenters. The monoisotopic (exact) mass is 460 g/mol. The fourth-order valence-electron chi connectivity index (χ4n) is 7.12. The van der Waals surface area contributed by atoms with E-state index in [2.05, 4.69) is 0 Å². The summed E-state index contributed by atoms with van der Waals surface area (Å²) in [4.78, 5) is 25.4. The van der Waals surface area contributed by atoms with Gasteiger partial charge in [0.05, 0.1) is 24.0 Å². The number of hydrogen-bond acceptors (Lipinski definition) is 8. The summed E-state index contributed by atoms with van der Waals surface area (Å²) in [7, 11) is 0. The molecule has 3 aliphatic heterocycles. The normalized spacial score (nSPS) is 47.8. The Labute approximate surface area is 192 Å². The zero-order valence-corrected chi connectivity index (χ0v) is 19.2. The van der Waals surface area contributed by atoms with Crippen LogP contribution in [0.4, 0.5) is 0 Å². The third-order valence-electron chi connectivity index (χ3n) is 9.40. The molecule has 3 saturated heterocycles. The quantitative estimate of drug-likeness (QED) is 0.450. The van der Waals surface area contributed by atoms with Gasteiger partial charge in [0.25, 0.3) is 0 Å². The number of ketones is 1. The van der Waals surface area contributed by atoms with Crippen LogP contribution in [0.3, 0.4) is 0 Å². The van der Waals surface area contributed by atoms with Crippen LogP contribution in [0.1, 0.15) is 63.2 Å². The van der Waals surface area contributed by atoms with Crippen LogP contribution >= 0.6 is 0 Å². The van der Waals surface area contributed by atoms with Crippen LogP contribution in [-0.4, -0.2) is 63.1 Å². The number of aliphatic hydroxyl groups excluding tert-OH is 1.